The summed E-state index contributed by atoms with van der Waals surface area (Å²) in [5.74, 6) is 0.126. The number of quaternary nitrogens is 1. The SMILES string of the molecule is C[C@@H]1C[NH+](CC(=O)NCCc2c[nH]c3ccccc23)C[C@H](C)O1. The van der Waals surface area contributed by atoms with Gasteiger partial charge in [-0.1, -0.05) is 18.2 Å². The zero-order chi connectivity index (χ0) is 16.2. The molecule has 1 aliphatic rings. The lowest BCUT2D eigenvalue weighted by atomic mass is 10.1. The molecule has 0 bridgehead atoms. The lowest BCUT2D eigenvalue weighted by Gasteiger charge is -2.31. The lowest BCUT2D eigenvalue weighted by molar-refractivity contribution is -0.907. The fraction of sp³-hybridized carbons (Fsp3) is 0.500. The lowest BCUT2D eigenvalue weighted by Crippen LogP contribution is -3.16. The van der Waals surface area contributed by atoms with Crippen LogP contribution in [0.1, 0.15) is 19.4 Å². The third-order valence-corrected chi connectivity index (χ3v) is 4.42. The minimum absolute atomic E-state index is 0.126. The highest BCUT2D eigenvalue weighted by atomic mass is 16.5. The Balaban J connectivity index is 1.46. The van der Waals surface area contributed by atoms with Crippen molar-refractivity contribution in [3.05, 3.63) is 36.0 Å². The second kappa shape index (κ2) is 7.15. The zero-order valence-electron chi connectivity index (χ0n) is 13.9. The summed E-state index contributed by atoms with van der Waals surface area (Å²) in [6, 6.07) is 8.26. The van der Waals surface area contributed by atoms with Crippen LogP contribution in [0.25, 0.3) is 10.9 Å². The molecule has 1 aromatic heterocycles. The van der Waals surface area contributed by atoms with Crippen LogP contribution in [0.2, 0.25) is 0 Å². The third kappa shape index (κ3) is 4.12. The molecule has 5 nitrogen and oxygen atoms in total. The molecule has 3 atom stereocenters. The first-order chi connectivity index (χ1) is 11.1. The number of aromatic amines is 1. The summed E-state index contributed by atoms with van der Waals surface area (Å²) in [6.07, 6.45) is 3.34. The number of carbonyl (C=O) groups excluding carboxylic acids is 1. The number of rotatable bonds is 5. The summed E-state index contributed by atoms with van der Waals surface area (Å²) in [5.41, 5.74) is 2.40. The first kappa shape index (κ1) is 16.0. The van der Waals surface area contributed by atoms with E-state index in [9.17, 15) is 4.79 Å². The van der Waals surface area contributed by atoms with Crippen LogP contribution < -0.4 is 10.2 Å². The van der Waals surface area contributed by atoms with Gasteiger partial charge in [0.25, 0.3) is 5.91 Å². The maximum Gasteiger partial charge on any atom is 0.275 e. The van der Waals surface area contributed by atoms with Gasteiger partial charge in [-0.15, -0.1) is 0 Å². The van der Waals surface area contributed by atoms with E-state index in [0.29, 0.717) is 13.1 Å². The summed E-state index contributed by atoms with van der Waals surface area (Å²) in [5, 5.41) is 4.29. The van der Waals surface area contributed by atoms with E-state index in [-0.39, 0.29) is 18.1 Å². The Morgan fingerprint density at radius 1 is 1.30 bits per heavy atom. The van der Waals surface area contributed by atoms with Gasteiger partial charge in [0.1, 0.15) is 25.3 Å². The van der Waals surface area contributed by atoms with Crippen molar-refractivity contribution in [3.63, 3.8) is 0 Å². The van der Waals surface area contributed by atoms with Crippen molar-refractivity contribution in [1.82, 2.24) is 10.3 Å². The Bertz CT molecular complexity index is 657. The maximum absolute atomic E-state index is 12.1. The largest absolute Gasteiger partial charge is 0.364 e. The fourth-order valence-electron chi connectivity index (χ4n) is 3.50. The van der Waals surface area contributed by atoms with Gasteiger partial charge in [-0.25, -0.2) is 0 Å². The number of fused-ring (bicyclic) bond motifs is 1. The number of carbonyl (C=O) groups is 1. The van der Waals surface area contributed by atoms with E-state index in [0.717, 1.165) is 25.0 Å². The summed E-state index contributed by atoms with van der Waals surface area (Å²) in [7, 11) is 0. The van der Waals surface area contributed by atoms with Crippen LogP contribution in [-0.2, 0) is 16.0 Å². The van der Waals surface area contributed by atoms with Crippen molar-refractivity contribution < 1.29 is 14.4 Å². The number of aromatic nitrogens is 1. The smallest absolute Gasteiger partial charge is 0.275 e. The number of H-pyrrole nitrogens is 1. The number of amides is 1. The van der Waals surface area contributed by atoms with Gasteiger partial charge in [0.05, 0.1) is 0 Å². The Labute approximate surface area is 137 Å². The molecule has 5 heteroatoms. The average molecular weight is 316 g/mol. The van der Waals surface area contributed by atoms with E-state index >= 15 is 0 Å². The molecule has 23 heavy (non-hydrogen) atoms. The highest BCUT2D eigenvalue weighted by Gasteiger charge is 2.26. The standard InChI is InChI=1S/C18H25N3O2/c1-13-10-21(11-14(2)23-13)12-18(22)19-8-7-15-9-20-17-6-4-3-5-16(15)17/h3-6,9,13-14,20H,7-8,10-12H2,1-2H3,(H,19,22)/p+1/t13-,14+. The molecular weight excluding hydrogens is 290 g/mol. The van der Waals surface area contributed by atoms with Gasteiger partial charge in [-0.2, -0.15) is 0 Å². The number of hydrogen-bond donors (Lipinski definition) is 3. The molecule has 1 unspecified atom stereocenters. The molecule has 2 heterocycles. The molecule has 0 saturated carbocycles. The van der Waals surface area contributed by atoms with Crippen LogP contribution in [0.4, 0.5) is 0 Å². The van der Waals surface area contributed by atoms with Crippen LogP contribution in [0.5, 0.6) is 0 Å². The normalized spacial score (nSPS) is 24.7. The van der Waals surface area contributed by atoms with Gasteiger partial charge in [-0.3, -0.25) is 4.79 Å². The van der Waals surface area contributed by atoms with Crippen molar-refractivity contribution in [2.45, 2.75) is 32.5 Å². The molecule has 0 spiro atoms. The number of ether oxygens (including phenoxy) is 1. The third-order valence-electron chi connectivity index (χ3n) is 4.42. The molecule has 124 valence electrons. The summed E-state index contributed by atoms with van der Waals surface area (Å²) in [4.78, 5) is 16.7. The molecule has 0 aliphatic carbocycles. The van der Waals surface area contributed by atoms with E-state index in [1.165, 1.54) is 15.8 Å². The van der Waals surface area contributed by atoms with Crippen LogP contribution >= 0.6 is 0 Å². The van der Waals surface area contributed by atoms with Gasteiger partial charge < -0.3 is 19.9 Å². The monoisotopic (exact) mass is 316 g/mol. The van der Waals surface area contributed by atoms with Crippen molar-refractivity contribution in [3.8, 4) is 0 Å². The van der Waals surface area contributed by atoms with Crippen molar-refractivity contribution >= 4 is 16.8 Å². The average Bonchev–Trinajstić information content (AvgIpc) is 2.90. The van der Waals surface area contributed by atoms with E-state index in [1.54, 1.807) is 0 Å². The molecule has 1 fully saturated rings. The van der Waals surface area contributed by atoms with Crippen LogP contribution in [-0.4, -0.2) is 49.3 Å². The number of para-hydroxylation sites is 1. The van der Waals surface area contributed by atoms with Crippen LogP contribution in [0.15, 0.2) is 30.5 Å². The molecule has 1 amide bonds. The minimum atomic E-state index is 0.126. The first-order valence-corrected chi connectivity index (χ1v) is 8.42. The van der Waals surface area contributed by atoms with Crippen molar-refractivity contribution in [2.24, 2.45) is 0 Å². The Kier molecular flexibility index (Phi) is 4.98. The molecule has 2 aromatic rings. The Hall–Kier alpha value is -1.85. The summed E-state index contributed by atoms with van der Waals surface area (Å²) < 4.78 is 5.71. The first-order valence-electron chi connectivity index (χ1n) is 8.42. The van der Waals surface area contributed by atoms with Gasteiger partial charge in [0, 0.05) is 23.6 Å². The topological polar surface area (TPSA) is 58.6 Å². The number of nitrogens with one attached hydrogen (secondary N) is 3. The van der Waals surface area contributed by atoms with E-state index in [4.69, 9.17) is 4.74 Å². The summed E-state index contributed by atoms with van der Waals surface area (Å²) >= 11 is 0. The van der Waals surface area contributed by atoms with E-state index < -0.39 is 0 Å². The zero-order valence-corrected chi connectivity index (χ0v) is 13.9. The highest BCUT2D eigenvalue weighted by molar-refractivity contribution is 5.83. The van der Waals surface area contributed by atoms with Gasteiger partial charge in [-0.05, 0) is 31.9 Å². The van der Waals surface area contributed by atoms with Crippen molar-refractivity contribution in [1.29, 1.82) is 0 Å². The van der Waals surface area contributed by atoms with Gasteiger partial charge in [0.15, 0.2) is 6.54 Å². The van der Waals surface area contributed by atoms with Gasteiger partial charge >= 0.3 is 0 Å². The molecule has 1 saturated heterocycles. The number of benzene rings is 1. The summed E-state index contributed by atoms with van der Waals surface area (Å²) in [6.45, 7) is 7.16. The predicted molar refractivity (Wildman–Crippen MR) is 90.6 cm³/mol. The van der Waals surface area contributed by atoms with Crippen molar-refractivity contribution in [2.75, 3.05) is 26.2 Å². The Morgan fingerprint density at radius 3 is 2.83 bits per heavy atom. The molecule has 1 aromatic carbocycles. The van der Waals surface area contributed by atoms with E-state index in [2.05, 4.69) is 36.3 Å². The van der Waals surface area contributed by atoms with Crippen LogP contribution in [0, 0.1) is 0 Å². The Morgan fingerprint density at radius 2 is 2.04 bits per heavy atom. The van der Waals surface area contributed by atoms with Crippen LogP contribution in [0.3, 0.4) is 0 Å². The predicted octanol–water partition coefficient (Wildman–Crippen LogP) is 0.519. The second-order valence-electron chi connectivity index (χ2n) is 6.55. The number of morpholine rings is 1. The molecule has 1 aliphatic heterocycles. The molecule has 0 radical (unpaired) electrons. The maximum atomic E-state index is 12.1. The molecular formula is C18H26N3O2+. The highest BCUT2D eigenvalue weighted by Crippen LogP contribution is 2.17. The number of hydrogen-bond acceptors (Lipinski definition) is 2. The fourth-order valence-corrected chi connectivity index (χ4v) is 3.50. The second-order valence-corrected chi connectivity index (χ2v) is 6.55. The minimum Gasteiger partial charge on any atom is -0.364 e. The van der Waals surface area contributed by atoms with Gasteiger partial charge in [0.2, 0.25) is 0 Å². The molecule has 3 rings (SSSR count). The van der Waals surface area contributed by atoms with E-state index in [1.807, 2.05) is 18.3 Å². The quantitative estimate of drug-likeness (QED) is 0.753. The molecule has 3 N–H and O–H groups in total.